The molecule has 1 N–H and O–H groups in total. The normalized spacial score (nSPS) is 14.6. The van der Waals surface area contributed by atoms with Gasteiger partial charge in [-0.3, -0.25) is 0 Å². The minimum atomic E-state index is 0.708. The number of hydrogen-bond donors (Lipinski definition) is 1. The molecule has 1 fully saturated rings. The number of nitrogens with one attached hydrogen (secondary N) is 1. The van der Waals surface area contributed by atoms with Crippen LogP contribution in [0.3, 0.4) is 0 Å². The Hall–Kier alpha value is -1.76. The third kappa shape index (κ3) is 2.19. The first kappa shape index (κ1) is 10.4. The Bertz CT molecular complexity index is 512. The van der Waals surface area contributed by atoms with Crippen molar-refractivity contribution in [2.24, 2.45) is 0 Å². The summed E-state index contributed by atoms with van der Waals surface area (Å²) < 4.78 is 0. The molecule has 1 saturated carbocycles. The highest BCUT2D eigenvalue weighted by atomic mass is 15.0. The smallest absolute Gasteiger partial charge is 0.0378 e. The minimum Gasteiger partial charge on any atom is -0.382 e. The molecule has 1 heteroatoms. The van der Waals surface area contributed by atoms with Gasteiger partial charge in [-0.25, -0.2) is 0 Å². The lowest BCUT2D eigenvalue weighted by atomic mass is 9.99. The quantitative estimate of drug-likeness (QED) is 0.820. The number of hydrogen-bond acceptors (Lipinski definition) is 1. The topological polar surface area (TPSA) is 12.0 Å². The fraction of sp³-hybridized carbons (Fsp3) is 0.250. The van der Waals surface area contributed by atoms with Gasteiger partial charge in [-0.1, -0.05) is 42.5 Å². The molecule has 1 aliphatic carbocycles. The van der Waals surface area contributed by atoms with Crippen molar-refractivity contribution in [3.05, 3.63) is 54.1 Å². The first-order chi connectivity index (χ1) is 8.34. The molecule has 0 aliphatic heterocycles. The van der Waals surface area contributed by atoms with Crippen LogP contribution in [0.1, 0.15) is 18.4 Å². The molecule has 1 aliphatic rings. The van der Waals surface area contributed by atoms with E-state index >= 15 is 0 Å². The van der Waals surface area contributed by atoms with Crippen LogP contribution < -0.4 is 5.32 Å². The van der Waals surface area contributed by atoms with Gasteiger partial charge in [-0.2, -0.15) is 0 Å². The van der Waals surface area contributed by atoms with Crippen molar-refractivity contribution in [2.75, 3.05) is 5.32 Å². The Morgan fingerprint density at radius 1 is 0.941 bits per heavy atom. The van der Waals surface area contributed by atoms with Gasteiger partial charge < -0.3 is 5.32 Å². The van der Waals surface area contributed by atoms with Crippen molar-refractivity contribution in [1.29, 1.82) is 0 Å². The van der Waals surface area contributed by atoms with Crippen LogP contribution >= 0.6 is 0 Å². The van der Waals surface area contributed by atoms with E-state index in [1.54, 1.807) is 0 Å². The predicted octanol–water partition coefficient (Wildman–Crippen LogP) is 4.24. The van der Waals surface area contributed by atoms with E-state index in [9.17, 15) is 0 Å². The SMILES string of the molecule is Cc1c(NC2CC2)cccc1-c1ccccc1. The molecule has 3 rings (SSSR count). The van der Waals surface area contributed by atoms with E-state index < -0.39 is 0 Å². The lowest BCUT2D eigenvalue weighted by Crippen LogP contribution is -2.03. The van der Waals surface area contributed by atoms with Crippen LogP contribution in [0.25, 0.3) is 11.1 Å². The van der Waals surface area contributed by atoms with Crippen molar-refractivity contribution >= 4 is 5.69 Å². The zero-order valence-electron chi connectivity index (χ0n) is 10.1. The standard InChI is InChI=1S/C16H17N/c1-12-15(13-6-3-2-4-7-13)8-5-9-16(12)17-14-10-11-14/h2-9,14,17H,10-11H2,1H3. The van der Waals surface area contributed by atoms with Gasteiger partial charge in [-0.15, -0.1) is 0 Å². The summed E-state index contributed by atoms with van der Waals surface area (Å²) in [5, 5.41) is 3.59. The molecule has 0 saturated heterocycles. The van der Waals surface area contributed by atoms with Gasteiger partial charge >= 0.3 is 0 Å². The molecule has 0 amide bonds. The lowest BCUT2D eigenvalue weighted by molar-refractivity contribution is 1.15. The summed E-state index contributed by atoms with van der Waals surface area (Å²) in [7, 11) is 0. The Kier molecular flexibility index (Phi) is 2.60. The van der Waals surface area contributed by atoms with E-state index in [2.05, 4.69) is 60.8 Å². The summed E-state index contributed by atoms with van der Waals surface area (Å²) in [4.78, 5) is 0. The minimum absolute atomic E-state index is 0.708. The fourth-order valence-electron chi connectivity index (χ4n) is 2.17. The Morgan fingerprint density at radius 3 is 2.41 bits per heavy atom. The van der Waals surface area contributed by atoms with Gasteiger partial charge in [0.15, 0.2) is 0 Å². The van der Waals surface area contributed by atoms with E-state index in [1.807, 2.05) is 0 Å². The molecule has 0 unspecified atom stereocenters. The highest BCUT2D eigenvalue weighted by Gasteiger charge is 2.21. The molecule has 0 radical (unpaired) electrons. The van der Waals surface area contributed by atoms with Gasteiger partial charge in [0, 0.05) is 11.7 Å². The Labute approximate surface area is 102 Å². The molecule has 0 atom stereocenters. The zero-order chi connectivity index (χ0) is 11.7. The molecule has 2 aromatic carbocycles. The zero-order valence-corrected chi connectivity index (χ0v) is 10.1. The van der Waals surface area contributed by atoms with Crippen molar-refractivity contribution in [3.8, 4) is 11.1 Å². The van der Waals surface area contributed by atoms with E-state index in [-0.39, 0.29) is 0 Å². The molecule has 17 heavy (non-hydrogen) atoms. The molecule has 0 spiro atoms. The summed E-state index contributed by atoms with van der Waals surface area (Å²) >= 11 is 0. The van der Waals surface area contributed by atoms with Crippen LogP contribution in [0.4, 0.5) is 5.69 Å². The van der Waals surface area contributed by atoms with E-state index in [1.165, 1.54) is 35.2 Å². The molecule has 1 nitrogen and oxygen atoms in total. The summed E-state index contributed by atoms with van der Waals surface area (Å²) in [6, 6.07) is 17.8. The maximum absolute atomic E-state index is 3.59. The van der Waals surface area contributed by atoms with Gasteiger partial charge in [0.2, 0.25) is 0 Å². The maximum atomic E-state index is 3.59. The average Bonchev–Trinajstić information content (AvgIpc) is 3.17. The van der Waals surface area contributed by atoms with Crippen LogP contribution in [-0.2, 0) is 0 Å². The van der Waals surface area contributed by atoms with Crippen LogP contribution in [0.5, 0.6) is 0 Å². The second-order valence-electron chi connectivity index (χ2n) is 4.76. The van der Waals surface area contributed by atoms with Gasteiger partial charge in [-0.05, 0) is 42.5 Å². The predicted molar refractivity (Wildman–Crippen MR) is 73.3 cm³/mol. The summed E-state index contributed by atoms with van der Waals surface area (Å²) in [5.41, 5.74) is 5.26. The maximum Gasteiger partial charge on any atom is 0.0378 e. The Balaban J connectivity index is 1.99. The van der Waals surface area contributed by atoms with Crippen molar-refractivity contribution in [3.63, 3.8) is 0 Å². The molecule has 0 bridgehead atoms. The summed E-state index contributed by atoms with van der Waals surface area (Å²) in [5.74, 6) is 0. The second kappa shape index (κ2) is 4.25. The van der Waals surface area contributed by atoms with Crippen molar-refractivity contribution < 1.29 is 0 Å². The molecule has 0 heterocycles. The van der Waals surface area contributed by atoms with Gasteiger partial charge in [0.1, 0.15) is 0 Å². The third-order valence-corrected chi connectivity index (χ3v) is 3.36. The summed E-state index contributed by atoms with van der Waals surface area (Å²) in [6.45, 7) is 2.20. The number of benzene rings is 2. The second-order valence-corrected chi connectivity index (χ2v) is 4.76. The molecular formula is C16H17N. The largest absolute Gasteiger partial charge is 0.382 e. The fourth-order valence-corrected chi connectivity index (χ4v) is 2.17. The van der Waals surface area contributed by atoms with Crippen molar-refractivity contribution in [2.45, 2.75) is 25.8 Å². The number of rotatable bonds is 3. The van der Waals surface area contributed by atoms with Crippen LogP contribution in [0.15, 0.2) is 48.5 Å². The molecule has 2 aromatic rings. The Morgan fingerprint density at radius 2 is 1.71 bits per heavy atom. The number of anilines is 1. The molecular weight excluding hydrogens is 206 g/mol. The average molecular weight is 223 g/mol. The van der Waals surface area contributed by atoms with Crippen LogP contribution in [0, 0.1) is 6.92 Å². The summed E-state index contributed by atoms with van der Waals surface area (Å²) in [6.07, 6.45) is 2.63. The molecule has 0 aromatic heterocycles. The first-order valence-electron chi connectivity index (χ1n) is 6.26. The van der Waals surface area contributed by atoms with E-state index in [4.69, 9.17) is 0 Å². The van der Waals surface area contributed by atoms with E-state index in [0.717, 1.165) is 0 Å². The highest BCUT2D eigenvalue weighted by Crippen LogP contribution is 2.31. The van der Waals surface area contributed by atoms with E-state index in [0.29, 0.717) is 6.04 Å². The van der Waals surface area contributed by atoms with Gasteiger partial charge in [0.05, 0.1) is 0 Å². The van der Waals surface area contributed by atoms with Crippen LogP contribution in [0.2, 0.25) is 0 Å². The monoisotopic (exact) mass is 223 g/mol. The van der Waals surface area contributed by atoms with Crippen molar-refractivity contribution in [1.82, 2.24) is 0 Å². The van der Waals surface area contributed by atoms with Crippen LogP contribution in [-0.4, -0.2) is 6.04 Å². The first-order valence-corrected chi connectivity index (χ1v) is 6.26. The lowest BCUT2D eigenvalue weighted by Gasteiger charge is -2.13. The molecule has 86 valence electrons. The third-order valence-electron chi connectivity index (χ3n) is 3.36. The highest BCUT2D eigenvalue weighted by molar-refractivity contribution is 5.73. The van der Waals surface area contributed by atoms with Gasteiger partial charge in [0.25, 0.3) is 0 Å².